The number of fused-ring (bicyclic) bond motifs is 2. The van der Waals surface area contributed by atoms with E-state index in [0.717, 1.165) is 16.7 Å². The Bertz CT molecular complexity index is 1670. The lowest BCUT2D eigenvalue weighted by Crippen LogP contribution is -2.11. The van der Waals surface area contributed by atoms with Crippen LogP contribution in [0.3, 0.4) is 0 Å². The number of benzene rings is 4. The molecule has 0 N–H and O–H groups in total. The summed E-state index contributed by atoms with van der Waals surface area (Å²) in [5.74, 6) is 1.42. The molecule has 4 aromatic rings. The van der Waals surface area contributed by atoms with E-state index in [2.05, 4.69) is 0 Å². The predicted octanol–water partition coefficient (Wildman–Crippen LogP) is 8.67. The summed E-state index contributed by atoms with van der Waals surface area (Å²) in [5.41, 5.74) is 4.90. The molecule has 0 spiro atoms. The fourth-order valence-electron chi connectivity index (χ4n) is 6.40. The van der Waals surface area contributed by atoms with E-state index in [9.17, 15) is 18.0 Å². The molecule has 4 aromatic carbocycles. The van der Waals surface area contributed by atoms with Crippen molar-refractivity contribution in [2.75, 3.05) is 13.7 Å². The van der Waals surface area contributed by atoms with Crippen molar-refractivity contribution in [2.24, 2.45) is 0 Å². The van der Waals surface area contributed by atoms with Gasteiger partial charge in [-0.3, -0.25) is 4.79 Å². The molecule has 8 heteroatoms. The molecule has 228 valence electrons. The van der Waals surface area contributed by atoms with Crippen LogP contribution in [0, 0.1) is 13.8 Å². The lowest BCUT2D eigenvalue weighted by atomic mass is 9.86. The van der Waals surface area contributed by atoms with Gasteiger partial charge in [0.25, 0.3) is 0 Å². The number of hydrogen-bond acceptors (Lipinski definition) is 5. The molecule has 0 fully saturated rings. The number of ether oxygens (including phenoxy) is 4. The highest BCUT2D eigenvalue weighted by Gasteiger charge is 2.39. The maximum atomic E-state index is 14.5. The minimum absolute atomic E-state index is 0.0938. The molecule has 1 unspecified atom stereocenters. The minimum Gasteiger partial charge on any atom is -0.492 e. The van der Waals surface area contributed by atoms with Gasteiger partial charge in [0.15, 0.2) is 0 Å². The maximum Gasteiger partial charge on any atom is 0.417 e. The molecule has 6 rings (SSSR count). The van der Waals surface area contributed by atoms with Crippen molar-refractivity contribution in [1.29, 1.82) is 0 Å². The van der Waals surface area contributed by atoms with Crippen molar-refractivity contribution < 1.29 is 36.9 Å². The Kier molecular flexibility index (Phi) is 8.01. The van der Waals surface area contributed by atoms with Crippen LogP contribution in [0.2, 0.25) is 0 Å². The highest BCUT2D eigenvalue weighted by molar-refractivity contribution is 5.80. The second kappa shape index (κ2) is 11.9. The molecule has 1 heterocycles. The lowest BCUT2D eigenvalue weighted by molar-refractivity contribution is -0.141. The zero-order valence-electron chi connectivity index (χ0n) is 24.8. The molecule has 0 bridgehead atoms. The maximum absolute atomic E-state index is 14.5. The first-order valence-corrected chi connectivity index (χ1v) is 14.6. The van der Waals surface area contributed by atoms with Crippen LogP contribution in [-0.2, 0) is 28.7 Å². The summed E-state index contributed by atoms with van der Waals surface area (Å²) in [6, 6.07) is 21.6. The first kappa shape index (κ1) is 29.6. The van der Waals surface area contributed by atoms with Gasteiger partial charge in [0.05, 0.1) is 25.7 Å². The van der Waals surface area contributed by atoms with Crippen molar-refractivity contribution in [3.05, 3.63) is 112 Å². The first-order valence-electron chi connectivity index (χ1n) is 14.6. The third-order valence-electron chi connectivity index (χ3n) is 8.45. The van der Waals surface area contributed by atoms with Gasteiger partial charge in [-0.2, -0.15) is 13.2 Å². The van der Waals surface area contributed by atoms with E-state index in [-0.39, 0.29) is 23.9 Å². The summed E-state index contributed by atoms with van der Waals surface area (Å²) in [4.78, 5) is 11.8. The number of alkyl halides is 3. The van der Waals surface area contributed by atoms with Gasteiger partial charge in [-0.25, -0.2) is 0 Å². The van der Waals surface area contributed by atoms with Crippen LogP contribution in [0.25, 0.3) is 11.1 Å². The molecular weight excluding hydrogens is 569 g/mol. The van der Waals surface area contributed by atoms with Crippen molar-refractivity contribution in [3.63, 3.8) is 0 Å². The van der Waals surface area contributed by atoms with Gasteiger partial charge in [0, 0.05) is 17.5 Å². The summed E-state index contributed by atoms with van der Waals surface area (Å²) in [6.07, 6.45) is -3.72. The van der Waals surface area contributed by atoms with Gasteiger partial charge in [-0.1, -0.05) is 42.5 Å². The third-order valence-corrected chi connectivity index (χ3v) is 8.45. The Morgan fingerprint density at radius 2 is 1.64 bits per heavy atom. The van der Waals surface area contributed by atoms with E-state index in [1.54, 1.807) is 12.1 Å². The highest BCUT2D eigenvalue weighted by Crippen LogP contribution is 2.48. The van der Waals surface area contributed by atoms with Crippen molar-refractivity contribution in [2.45, 2.75) is 57.9 Å². The van der Waals surface area contributed by atoms with E-state index in [1.807, 2.05) is 68.4 Å². The van der Waals surface area contributed by atoms with Crippen LogP contribution in [0.15, 0.2) is 72.8 Å². The van der Waals surface area contributed by atoms with Crippen molar-refractivity contribution in [3.8, 4) is 28.4 Å². The number of aryl methyl sites for hydroxylation is 2. The quantitative estimate of drug-likeness (QED) is 0.189. The van der Waals surface area contributed by atoms with E-state index in [0.29, 0.717) is 65.6 Å². The number of rotatable bonds is 8. The molecule has 0 saturated heterocycles. The highest BCUT2D eigenvalue weighted by atomic mass is 19.4. The summed E-state index contributed by atoms with van der Waals surface area (Å²) >= 11 is 0. The van der Waals surface area contributed by atoms with Crippen molar-refractivity contribution >= 4 is 5.97 Å². The predicted molar refractivity (Wildman–Crippen MR) is 160 cm³/mol. The van der Waals surface area contributed by atoms with Gasteiger partial charge in [-0.05, 0) is 89.9 Å². The van der Waals surface area contributed by atoms with Gasteiger partial charge in [0.2, 0.25) is 0 Å². The van der Waals surface area contributed by atoms with E-state index in [1.165, 1.54) is 13.2 Å². The summed E-state index contributed by atoms with van der Waals surface area (Å²) in [5, 5.41) is 0. The van der Waals surface area contributed by atoms with Crippen LogP contribution in [0.5, 0.6) is 17.2 Å². The van der Waals surface area contributed by atoms with Crippen LogP contribution >= 0.6 is 0 Å². The number of methoxy groups -OCH3 is 1. The number of carbonyl (C=O) groups is 1. The van der Waals surface area contributed by atoms with Crippen molar-refractivity contribution in [1.82, 2.24) is 0 Å². The second-order valence-electron chi connectivity index (χ2n) is 11.4. The van der Waals surface area contributed by atoms with E-state index >= 15 is 0 Å². The Hall–Kier alpha value is -4.46. The molecular formula is C36H33F3O5. The SMILES string of the molecule is COC(=O)CC1COc2cc(O[C@@H]3CCc4c3ccc(C(F)(F)F)c4-c3c(C)cc(OCc4ccccc4)cc3C)ccc21. The van der Waals surface area contributed by atoms with E-state index in [4.69, 9.17) is 18.9 Å². The van der Waals surface area contributed by atoms with Gasteiger partial charge in [-0.15, -0.1) is 0 Å². The number of esters is 1. The monoisotopic (exact) mass is 602 g/mol. The van der Waals surface area contributed by atoms with Crippen LogP contribution in [0.4, 0.5) is 13.2 Å². The molecule has 0 aromatic heterocycles. The fourth-order valence-corrected chi connectivity index (χ4v) is 6.40. The van der Waals surface area contributed by atoms with Crippen LogP contribution < -0.4 is 14.2 Å². The normalized spacial score (nSPS) is 17.0. The topological polar surface area (TPSA) is 54.0 Å². The van der Waals surface area contributed by atoms with Gasteiger partial charge < -0.3 is 18.9 Å². The summed E-state index contributed by atoms with van der Waals surface area (Å²) < 4.78 is 66.4. The molecule has 2 aliphatic rings. The van der Waals surface area contributed by atoms with Crippen LogP contribution in [0.1, 0.15) is 63.8 Å². The number of hydrogen-bond donors (Lipinski definition) is 0. The standard InChI is InChI=1S/C36H33F3O5/c1-21-15-26(42-19-23-7-5-4-6-8-23)16-22(2)34(21)35-29-12-14-31(28(29)11-13-30(35)36(37,38)39)44-25-9-10-27-24(17-33(40)41-3)20-43-32(27)18-25/h4-11,13,15-16,18,24,31H,12,14,17,19-20H2,1-3H3/t24?,31-/m1/s1. The molecule has 2 atom stereocenters. The zero-order valence-corrected chi connectivity index (χ0v) is 24.8. The lowest BCUT2D eigenvalue weighted by Gasteiger charge is -2.22. The largest absolute Gasteiger partial charge is 0.492 e. The number of halogens is 3. The van der Waals surface area contributed by atoms with Gasteiger partial charge in [0.1, 0.15) is 30.0 Å². The van der Waals surface area contributed by atoms with E-state index < -0.39 is 17.8 Å². The molecule has 44 heavy (non-hydrogen) atoms. The zero-order chi connectivity index (χ0) is 31.0. The Balaban J connectivity index is 1.30. The molecule has 0 saturated carbocycles. The Morgan fingerprint density at radius 3 is 2.34 bits per heavy atom. The Labute approximate surface area is 254 Å². The molecule has 1 aliphatic heterocycles. The molecule has 0 amide bonds. The first-order chi connectivity index (χ1) is 21.1. The average Bonchev–Trinajstić information content (AvgIpc) is 3.59. The number of carbonyl (C=O) groups excluding carboxylic acids is 1. The fraction of sp³-hybridized carbons (Fsp3) is 0.306. The smallest absolute Gasteiger partial charge is 0.417 e. The Morgan fingerprint density at radius 1 is 0.909 bits per heavy atom. The average molecular weight is 603 g/mol. The molecule has 1 aliphatic carbocycles. The third kappa shape index (κ3) is 5.85. The molecule has 0 radical (unpaired) electrons. The summed E-state index contributed by atoms with van der Waals surface area (Å²) in [6.45, 7) is 4.40. The minimum atomic E-state index is -4.53. The second-order valence-corrected chi connectivity index (χ2v) is 11.4. The van der Waals surface area contributed by atoms with Crippen LogP contribution in [-0.4, -0.2) is 19.7 Å². The molecule has 5 nitrogen and oxygen atoms in total. The van der Waals surface area contributed by atoms with Gasteiger partial charge >= 0.3 is 12.1 Å². The summed E-state index contributed by atoms with van der Waals surface area (Å²) in [7, 11) is 1.36.